The summed E-state index contributed by atoms with van der Waals surface area (Å²) in [6.45, 7) is 2.24. The van der Waals surface area contributed by atoms with Gasteiger partial charge in [0.1, 0.15) is 0 Å². The maximum absolute atomic E-state index is 5.31. The monoisotopic (exact) mass is 189 g/mol. The van der Waals surface area contributed by atoms with Crippen LogP contribution >= 0.6 is 11.8 Å². The van der Waals surface area contributed by atoms with Crippen LogP contribution in [0, 0.1) is 0 Å². The highest BCUT2D eigenvalue weighted by Crippen LogP contribution is 2.08. The summed E-state index contributed by atoms with van der Waals surface area (Å²) in [4.78, 5) is 0. The molecule has 72 valence electrons. The van der Waals surface area contributed by atoms with Crippen LogP contribution in [0.2, 0.25) is 0 Å². The second kappa shape index (κ2) is 8.91. The Morgan fingerprint density at radius 3 is 2.33 bits per heavy atom. The molecule has 0 aromatic rings. The van der Waals surface area contributed by atoms with Gasteiger partial charge in [-0.05, 0) is 18.2 Å². The second-order valence-corrected chi connectivity index (χ2v) is 4.19. The molecule has 0 spiro atoms. The average molecular weight is 189 g/mol. The van der Waals surface area contributed by atoms with Crippen molar-refractivity contribution < 1.29 is 5.41 Å². The Labute approximate surface area is 79.8 Å². The first-order valence-electron chi connectivity index (χ1n) is 4.78. The quantitative estimate of drug-likeness (QED) is 0.359. The predicted octanol–water partition coefficient (Wildman–Crippen LogP) is 1.15. The number of rotatable bonds is 7. The first-order chi connectivity index (χ1) is 5.77. The zero-order chi connectivity index (χ0) is 9.23. The standard InChI is InChI=1S/C9H20N2S/c1-2-3-4-5-6-7-8-12-9(10)11/h2-8H2,1H3,(H3,10,11)/p+1. The molecule has 0 amide bonds. The molecule has 12 heavy (non-hydrogen) atoms. The molecule has 0 aliphatic carbocycles. The molecule has 0 fully saturated rings. The largest absolute Gasteiger partial charge is 0.299 e. The van der Waals surface area contributed by atoms with E-state index in [1.54, 1.807) is 11.8 Å². The van der Waals surface area contributed by atoms with Crippen molar-refractivity contribution in [1.82, 2.24) is 0 Å². The Morgan fingerprint density at radius 2 is 1.75 bits per heavy atom. The summed E-state index contributed by atoms with van der Waals surface area (Å²) >= 11 is 1.57. The third-order valence-corrected chi connectivity index (χ3v) is 2.59. The van der Waals surface area contributed by atoms with Crippen molar-refractivity contribution in [3.8, 4) is 0 Å². The highest BCUT2D eigenvalue weighted by Gasteiger charge is 1.95. The summed E-state index contributed by atoms with van der Waals surface area (Å²) in [6, 6.07) is 0. The normalized spacial score (nSPS) is 10.1. The van der Waals surface area contributed by atoms with Gasteiger partial charge in [-0.25, -0.2) is 0 Å². The molecule has 0 heterocycles. The molecule has 0 rings (SSSR count). The highest BCUT2D eigenvalue weighted by atomic mass is 32.2. The highest BCUT2D eigenvalue weighted by molar-refractivity contribution is 8.13. The van der Waals surface area contributed by atoms with E-state index in [9.17, 15) is 0 Å². The molecule has 0 aliphatic rings. The molecule has 3 heteroatoms. The molecule has 0 unspecified atom stereocenters. The minimum absolute atomic E-state index is 0.503. The molecule has 0 aromatic heterocycles. The summed E-state index contributed by atoms with van der Waals surface area (Å²) < 4.78 is 0. The molecule has 0 saturated carbocycles. The number of thioether (sulfide) groups is 1. The van der Waals surface area contributed by atoms with E-state index in [0.29, 0.717) is 5.17 Å². The number of amidine groups is 1. The Hall–Kier alpha value is -0.180. The average Bonchev–Trinajstić information content (AvgIpc) is 2.02. The van der Waals surface area contributed by atoms with Gasteiger partial charge in [0.2, 0.25) is 0 Å². The van der Waals surface area contributed by atoms with Crippen molar-refractivity contribution in [2.24, 2.45) is 5.73 Å². The Morgan fingerprint density at radius 1 is 1.17 bits per heavy atom. The summed E-state index contributed by atoms with van der Waals surface area (Å²) in [5.41, 5.74) is 5.31. The molecule has 0 saturated heterocycles. The van der Waals surface area contributed by atoms with Gasteiger partial charge in [-0.15, -0.1) is 0 Å². The lowest BCUT2D eigenvalue weighted by molar-refractivity contribution is -0.110. The SMILES string of the molecule is CCCCCCCCSC(N)=[NH2+]. The lowest BCUT2D eigenvalue weighted by Crippen LogP contribution is -2.43. The second-order valence-electron chi connectivity index (χ2n) is 3.02. The van der Waals surface area contributed by atoms with E-state index in [0.717, 1.165) is 5.75 Å². The van der Waals surface area contributed by atoms with E-state index >= 15 is 0 Å². The molecule has 0 bridgehead atoms. The zero-order valence-corrected chi connectivity index (χ0v) is 8.83. The van der Waals surface area contributed by atoms with Gasteiger partial charge in [0, 0.05) is 5.75 Å². The number of hydrogen-bond donors (Lipinski definition) is 2. The third-order valence-electron chi connectivity index (χ3n) is 1.77. The van der Waals surface area contributed by atoms with Crippen LogP contribution in [0.4, 0.5) is 0 Å². The van der Waals surface area contributed by atoms with Gasteiger partial charge in [0.15, 0.2) is 0 Å². The molecule has 2 nitrogen and oxygen atoms in total. The van der Waals surface area contributed by atoms with E-state index in [1.807, 2.05) is 0 Å². The Kier molecular flexibility index (Phi) is 8.78. The third kappa shape index (κ3) is 9.82. The minimum atomic E-state index is 0.503. The van der Waals surface area contributed by atoms with Gasteiger partial charge >= 0.3 is 0 Å². The van der Waals surface area contributed by atoms with Gasteiger partial charge in [-0.3, -0.25) is 11.1 Å². The van der Waals surface area contributed by atoms with Crippen molar-refractivity contribution in [1.29, 1.82) is 0 Å². The van der Waals surface area contributed by atoms with Crippen molar-refractivity contribution in [2.45, 2.75) is 45.4 Å². The predicted molar refractivity (Wildman–Crippen MR) is 57.0 cm³/mol. The molecule has 0 aliphatic heterocycles. The number of unbranched alkanes of at least 4 members (excludes halogenated alkanes) is 5. The summed E-state index contributed by atoms with van der Waals surface area (Å²) in [5, 5.41) is 5.82. The van der Waals surface area contributed by atoms with E-state index < -0.39 is 0 Å². The van der Waals surface area contributed by atoms with Crippen LogP contribution in [-0.2, 0) is 0 Å². The Bertz CT molecular complexity index is 115. The van der Waals surface area contributed by atoms with Crippen molar-refractivity contribution >= 4 is 16.9 Å². The van der Waals surface area contributed by atoms with Crippen LogP contribution in [0.5, 0.6) is 0 Å². The van der Waals surface area contributed by atoms with Crippen LogP contribution in [0.25, 0.3) is 0 Å². The molecule has 0 aromatic carbocycles. The lowest BCUT2D eigenvalue weighted by atomic mass is 10.1. The maximum atomic E-state index is 5.31. The smallest absolute Gasteiger partial charge is 0.282 e. The Balaban J connectivity index is 2.86. The first kappa shape index (κ1) is 11.8. The topological polar surface area (TPSA) is 51.6 Å². The molecular formula is C9H21N2S+. The summed E-state index contributed by atoms with van der Waals surface area (Å²) in [6.07, 6.45) is 7.99. The molecular weight excluding hydrogens is 168 g/mol. The molecule has 0 atom stereocenters. The minimum Gasteiger partial charge on any atom is -0.282 e. The number of nitrogens with two attached hydrogens (primary N) is 2. The fourth-order valence-corrected chi connectivity index (χ4v) is 1.66. The van der Waals surface area contributed by atoms with Gasteiger partial charge < -0.3 is 0 Å². The lowest BCUT2D eigenvalue weighted by Gasteiger charge is -1.98. The fourth-order valence-electron chi connectivity index (χ4n) is 1.07. The van der Waals surface area contributed by atoms with Crippen LogP contribution in [0.15, 0.2) is 0 Å². The zero-order valence-electron chi connectivity index (χ0n) is 8.01. The van der Waals surface area contributed by atoms with Crippen LogP contribution in [0.3, 0.4) is 0 Å². The first-order valence-corrected chi connectivity index (χ1v) is 5.76. The van der Waals surface area contributed by atoms with E-state index in [2.05, 4.69) is 6.92 Å². The molecule has 0 radical (unpaired) electrons. The van der Waals surface area contributed by atoms with Crippen LogP contribution in [0.1, 0.15) is 45.4 Å². The molecule has 4 N–H and O–H groups in total. The van der Waals surface area contributed by atoms with E-state index in [1.165, 1.54) is 38.5 Å². The summed E-state index contributed by atoms with van der Waals surface area (Å²) in [5.74, 6) is 1.08. The van der Waals surface area contributed by atoms with Crippen LogP contribution in [-0.4, -0.2) is 10.9 Å². The van der Waals surface area contributed by atoms with Gasteiger partial charge in [0.25, 0.3) is 5.17 Å². The van der Waals surface area contributed by atoms with E-state index in [-0.39, 0.29) is 0 Å². The van der Waals surface area contributed by atoms with E-state index in [4.69, 9.17) is 11.1 Å². The fraction of sp³-hybridized carbons (Fsp3) is 0.889. The van der Waals surface area contributed by atoms with Crippen molar-refractivity contribution in [2.75, 3.05) is 5.75 Å². The summed E-state index contributed by atoms with van der Waals surface area (Å²) in [7, 11) is 0. The van der Waals surface area contributed by atoms with Crippen molar-refractivity contribution in [3.05, 3.63) is 0 Å². The number of hydrogen-bond acceptors (Lipinski definition) is 1. The van der Waals surface area contributed by atoms with Crippen molar-refractivity contribution in [3.63, 3.8) is 0 Å². The van der Waals surface area contributed by atoms with Crippen LogP contribution < -0.4 is 11.1 Å². The maximum Gasteiger partial charge on any atom is 0.299 e. The van der Waals surface area contributed by atoms with Gasteiger partial charge in [0.05, 0.1) is 0 Å². The van der Waals surface area contributed by atoms with Gasteiger partial charge in [-0.1, -0.05) is 39.0 Å². The van der Waals surface area contributed by atoms with Gasteiger partial charge in [-0.2, -0.15) is 0 Å².